The van der Waals surface area contributed by atoms with Crippen molar-refractivity contribution in [2.45, 2.75) is 19.9 Å². The van der Waals surface area contributed by atoms with E-state index in [1.54, 1.807) is 0 Å². The Labute approximate surface area is 188 Å². The van der Waals surface area contributed by atoms with Gasteiger partial charge in [0.2, 0.25) is 5.91 Å². The highest BCUT2D eigenvalue weighted by Gasteiger charge is 2.17. The average molecular weight is 435 g/mol. The predicted octanol–water partition coefficient (Wildman–Crippen LogP) is 3.10. The largest absolute Gasteiger partial charge is 0.379 e. The molecule has 2 N–H and O–H groups in total. The van der Waals surface area contributed by atoms with E-state index in [4.69, 9.17) is 4.74 Å². The Morgan fingerprint density at radius 3 is 2.56 bits per heavy atom. The van der Waals surface area contributed by atoms with E-state index in [0.29, 0.717) is 25.2 Å². The van der Waals surface area contributed by atoms with Crippen LogP contribution in [0.3, 0.4) is 0 Å². The second-order valence-electron chi connectivity index (χ2n) is 7.99. The van der Waals surface area contributed by atoms with Crippen molar-refractivity contribution in [3.8, 4) is 0 Å². The average Bonchev–Trinajstić information content (AvgIpc) is 3.18. The number of rotatable bonds is 8. The van der Waals surface area contributed by atoms with Gasteiger partial charge < -0.3 is 19.9 Å². The van der Waals surface area contributed by atoms with Crippen LogP contribution in [-0.2, 0) is 16.1 Å². The SMILES string of the molecule is CCC(=O)Nc1ccc2c(c1)cc(C(=O)NCCN1CCOCC1)n2Cc1ccccc1. The first kappa shape index (κ1) is 22.0. The zero-order valence-corrected chi connectivity index (χ0v) is 18.5. The molecule has 0 unspecified atom stereocenters. The first-order chi connectivity index (χ1) is 15.6. The third-order valence-electron chi connectivity index (χ3n) is 5.74. The molecule has 1 aliphatic heterocycles. The number of fused-ring (bicyclic) bond motifs is 1. The van der Waals surface area contributed by atoms with Crippen molar-refractivity contribution >= 4 is 28.4 Å². The second kappa shape index (κ2) is 10.4. The Hall–Kier alpha value is -3.16. The molecule has 0 spiro atoms. The quantitative estimate of drug-likeness (QED) is 0.571. The Morgan fingerprint density at radius 1 is 1.03 bits per heavy atom. The van der Waals surface area contributed by atoms with Crippen molar-refractivity contribution in [1.29, 1.82) is 0 Å². The summed E-state index contributed by atoms with van der Waals surface area (Å²) in [7, 11) is 0. The van der Waals surface area contributed by atoms with Gasteiger partial charge in [0.05, 0.1) is 13.2 Å². The van der Waals surface area contributed by atoms with Crippen LogP contribution >= 0.6 is 0 Å². The molecule has 168 valence electrons. The molecule has 0 radical (unpaired) electrons. The molecular formula is C25H30N4O3. The van der Waals surface area contributed by atoms with E-state index in [2.05, 4.69) is 27.7 Å². The maximum Gasteiger partial charge on any atom is 0.267 e. The molecule has 1 aliphatic rings. The summed E-state index contributed by atoms with van der Waals surface area (Å²) < 4.78 is 7.43. The summed E-state index contributed by atoms with van der Waals surface area (Å²) in [5.74, 6) is -0.126. The predicted molar refractivity (Wildman–Crippen MR) is 126 cm³/mol. The minimum atomic E-state index is -0.0930. The topological polar surface area (TPSA) is 75.6 Å². The smallest absolute Gasteiger partial charge is 0.267 e. The van der Waals surface area contributed by atoms with Gasteiger partial charge in [0.15, 0.2) is 0 Å². The lowest BCUT2D eigenvalue weighted by molar-refractivity contribution is -0.115. The fourth-order valence-electron chi connectivity index (χ4n) is 3.97. The standard InChI is InChI=1S/C25H30N4O3/c1-2-24(30)27-21-8-9-22-20(16-21)17-23(29(22)18-19-6-4-3-5-7-19)25(31)26-10-11-28-12-14-32-15-13-28/h3-9,16-17H,2,10-15,18H2,1H3,(H,26,31)(H,27,30). The van der Waals surface area contributed by atoms with Crippen LogP contribution in [0.2, 0.25) is 0 Å². The van der Waals surface area contributed by atoms with Gasteiger partial charge in [0.25, 0.3) is 5.91 Å². The third-order valence-corrected chi connectivity index (χ3v) is 5.74. The van der Waals surface area contributed by atoms with Gasteiger partial charge in [-0.25, -0.2) is 0 Å². The number of benzene rings is 2. The number of carbonyl (C=O) groups excluding carboxylic acids is 2. The molecule has 3 aromatic rings. The monoisotopic (exact) mass is 434 g/mol. The molecule has 7 nitrogen and oxygen atoms in total. The first-order valence-electron chi connectivity index (χ1n) is 11.2. The van der Waals surface area contributed by atoms with Gasteiger partial charge in [-0.1, -0.05) is 37.3 Å². The van der Waals surface area contributed by atoms with Crippen molar-refractivity contribution in [1.82, 2.24) is 14.8 Å². The van der Waals surface area contributed by atoms with Crippen molar-refractivity contribution in [2.75, 3.05) is 44.7 Å². The molecule has 2 aromatic carbocycles. The van der Waals surface area contributed by atoms with Crippen molar-refractivity contribution in [3.63, 3.8) is 0 Å². The summed E-state index contributed by atoms with van der Waals surface area (Å²) >= 11 is 0. The molecule has 4 rings (SSSR count). The van der Waals surface area contributed by atoms with E-state index in [1.807, 2.05) is 54.0 Å². The summed E-state index contributed by atoms with van der Waals surface area (Å²) in [5.41, 5.74) is 3.43. The minimum absolute atomic E-state index is 0.0332. The van der Waals surface area contributed by atoms with E-state index in [1.165, 1.54) is 0 Å². The molecule has 2 amide bonds. The zero-order chi connectivity index (χ0) is 22.3. The van der Waals surface area contributed by atoms with E-state index >= 15 is 0 Å². The van der Waals surface area contributed by atoms with E-state index in [9.17, 15) is 9.59 Å². The van der Waals surface area contributed by atoms with Crippen LogP contribution in [-0.4, -0.2) is 60.7 Å². The Kier molecular flexibility index (Phi) is 7.19. The highest BCUT2D eigenvalue weighted by Crippen LogP contribution is 2.25. The highest BCUT2D eigenvalue weighted by atomic mass is 16.5. The number of hydrogen-bond acceptors (Lipinski definition) is 4. The number of anilines is 1. The lowest BCUT2D eigenvalue weighted by atomic mass is 10.2. The number of morpholine rings is 1. The maximum absolute atomic E-state index is 13.1. The normalized spacial score (nSPS) is 14.4. The Balaban J connectivity index is 1.57. The van der Waals surface area contributed by atoms with Crippen molar-refractivity contribution in [2.24, 2.45) is 0 Å². The van der Waals surface area contributed by atoms with Crippen LogP contribution in [0.25, 0.3) is 10.9 Å². The number of carbonyl (C=O) groups is 2. The van der Waals surface area contributed by atoms with E-state index < -0.39 is 0 Å². The number of amides is 2. The number of nitrogens with zero attached hydrogens (tertiary/aromatic N) is 2. The molecule has 0 bridgehead atoms. The van der Waals surface area contributed by atoms with Gasteiger partial charge in [-0.05, 0) is 29.8 Å². The third kappa shape index (κ3) is 5.36. The van der Waals surface area contributed by atoms with E-state index in [-0.39, 0.29) is 11.8 Å². The van der Waals surface area contributed by atoms with Crippen LogP contribution in [0.4, 0.5) is 5.69 Å². The Morgan fingerprint density at radius 2 is 1.81 bits per heavy atom. The minimum Gasteiger partial charge on any atom is -0.379 e. The first-order valence-corrected chi connectivity index (χ1v) is 11.2. The number of hydrogen-bond donors (Lipinski definition) is 2. The van der Waals surface area contributed by atoms with Gasteiger partial charge >= 0.3 is 0 Å². The summed E-state index contributed by atoms with van der Waals surface area (Å²) in [5, 5.41) is 6.90. The molecule has 0 saturated carbocycles. The van der Waals surface area contributed by atoms with Gasteiger partial charge in [0.1, 0.15) is 5.69 Å². The lowest BCUT2D eigenvalue weighted by Gasteiger charge is -2.26. The van der Waals surface area contributed by atoms with E-state index in [0.717, 1.165) is 55.0 Å². The van der Waals surface area contributed by atoms with Crippen LogP contribution in [0.1, 0.15) is 29.4 Å². The van der Waals surface area contributed by atoms with Gasteiger partial charge in [-0.15, -0.1) is 0 Å². The van der Waals surface area contributed by atoms with Gasteiger partial charge in [0, 0.05) is 55.7 Å². The summed E-state index contributed by atoms with van der Waals surface area (Å²) in [4.78, 5) is 27.2. The van der Waals surface area contributed by atoms with Crippen LogP contribution in [0.5, 0.6) is 0 Å². The fraction of sp³-hybridized carbons (Fsp3) is 0.360. The summed E-state index contributed by atoms with van der Waals surface area (Å²) in [6.07, 6.45) is 0.420. The van der Waals surface area contributed by atoms with Crippen molar-refractivity contribution in [3.05, 3.63) is 65.9 Å². The molecule has 1 aromatic heterocycles. The molecule has 1 saturated heterocycles. The number of ether oxygens (including phenoxy) is 1. The molecule has 1 fully saturated rings. The molecule has 0 aliphatic carbocycles. The van der Waals surface area contributed by atoms with Crippen LogP contribution in [0.15, 0.2) is 54.6 Å². The number of aromatic nitrogens is 1. The molecule has 2 heterocycles. The summed E-state index contributed by atoms with van der Waals surface area (Å²) in [6.45, 7) is 7.10. The molecule has 7 heteroatoms. The van der Waals surface area contributed by atoms with Crippen molar-refractivity contribution < 1.29 is 14.3 Å². The maximum atomic E-state index is 13.1. The summed E-state index contributed by atoms with van der Waals surface area (Å²) in [6, 6.07) is 17.8. The highest BCUT2D eigenvalue weighted by molar-refractivity contribution is 6.00. The zero-order valence-electron chi connectivity index (χ0n) is 18.5. The lowest BCUT2D eigenvalue weighted by Crippen LogP contribution is -2.41. The fourth-order valence-corrected chi connectivity index (χ4v) is 3.97. The second-order valence-corrected chi connectivity index (χ2v) is 7.99. The molecule has 0 atom stereocenters. The van der Waals surface area contributed by atoms with Gasteiger partial charge in [-0.2, -0.15) is 0 Å². The van der Waals surface area contributed by atoms with Crippen LogP contribution in [0, 0.1) is 0 Å². The number of nitrogens with one attached hydrogen (secondary N) is 2. The Bertz CT molecular complexity index is 1070. The molecule has 32 heavy (non-hydrogen) atoms. The van der Waals surface area contributed by atoms with Gasteiger partial charge in [-0.3, -0.25) is 14.5 Å². The van der Waals surface area contributed by atoms with Crippen LogP contribution < -0.4 is 10.6 Å². The molecular weight excluding hydrogens is 404 g/mol.